The fourth-order valence-corrected chi connectivity index (χ4v) is 8.60. The Hall–Kier alpha value is -6.51. The van der Waals surface area contributed by atoms with Crippen molar-refractivity contribution < 1.29 is 0 Å². The number of fused-ring (bicyclic) bond motifs is 12. The van der Waals surface area contributed by atoms with Crippen LogP contribution in [0.2, 0.25) is 0 Å². The molecule has 0 unspecified atom stereocenters. The predicted molar refractivity (Wildman–Crippen MR) is 217 cm³/mol. The molecular formula is C49H32N2. The Morgan fingerprint density at radius 2 is 1.08 bits per heavy atom. The van der Waals surface area contributed by atoms with E-state index in [1.807, 2.05) is 0 Å². The van der Waals surface area contributed by atoms with Crippen LogP contribution < -0.4 is 0 Å². The molecule has 2 heteroatoms. The molecule has 2 aromatic heterocycles. The van der Waals surface area contributed by atoms with Crippen LogP contribution in [-0.4, -0.2) is 9.55 Å². The van der Waals surface area contributed by atoms with E-state index in [-0.39, 0.29) is 0 Å². The van der Waals surface area contributed by atoms with Crippen molar-refractivity contribution in [2.24, 2.45) is 0 Å². The molecule has 0 atom stereocenters. The largest absolute Gasteiger partial charge is 0.297 e. The van der Waals surface area contributed by atoms with Gasteiger partial charge in [0.15, 0.2) is 0 Å². The molecule has 1 aliphatic rings. The van der Waals surface area contributed by atoms with Crippen molar-refractivity contribution in [3.63, 3.8) is 0 Å². The first-order chi connectivity index (χ1) is 25.3. The van der Waals surface area contributed by atoms with Gasteiger partial charge in [-0.1, -0.05) is 146 Å². The summed E-state index contributed by atoms with van der Waals surface area (Å²) in [6.07, 6.45) is 6.67. The van der Waals surface area contributed by atoms with Gasteiger partial charge in [0.2, 0.25) is 0 Å². The van der Waals surface area contributed by atoms with Crippen molar-refractivity contribution in [3.8, 4) is 28.2 Å². The van der Waals surface area contributed by atoms with Crippen LogP contribution >= 0.6 is 0 Å². The quantitative estimate of drug-likeness (QED) is 0.174. The number of aromatic nitrogens is 2. The van der Waals surface area contributed by atoms with Crippen LogP contribution in [0, 0.1) is 0 Å². The number of pyridine rings is 1. The number of rotatable bonds is 3. The Bertz CT molecular complexity index is 2990. The summed E-state index contributed by atoms with van der Waals surface area (Å²) in [6.45, 7) is 0. The summed E-state index contributed by atoms with van der Waals surface area (Å²) in [5.41, 5.74) is 8.30. The summed E-state index contributed by atoms with van der Waals surface area (Å²) in [5, 5.41) is 13.9. The van der Waals surface area contributed by atoms with E-state index in [2.05, 4.69) is 174 Å². The molecule has 0 N–H and O–H groups in total. The molecule has 0 bridgehead atoms. The van der Waals surface area contributed by atoms with Gasteiger partial charge in [-0.3, -0.25) is 4.57 Å². The van der Waals surface area contributed by atoms with E-state index in [0.717, 1.165) is 35.5 Å². The minimum Gasteiger partial charge on any atom is -0.297 e. The number of benzene rings is 8. The van der Waals surface area contributed by atoms with Gasteiger partial charge < -0.3 is 0 Å². The summed E-state index contributed by atoms with van der Waals surface area (Å²) in [4.78, 5) is 5.59. The van der Waals surface area contributed by atoms with Gasteiger partial charge in [-0.25, -0.2) is 4.98 Å². The molecule has 0 saturated carbocycles. The van der Waals surface area contributed by atoms with Gasteiger partial charge in [-0.2, -0.15) is 0 Å². The van der Waals surface area contributed by atoms with Crippen molar-refractivity contribution in [3.05, 3.63) is 175 Å². The van der Waals surface area contributed by atoms with Crippen LogP contribution in [0.5, 0.6) is 0 Å². The molecule has 1 aliphatic carbocycles. The summed E-state index contributed by atoms with van der Waals surface area (Å²) in [6, 6.07) is 57.7. The molecular weight excluding hydrogens is 617 g/mol. The highest BCUT2D eigenvalue weighted by atomic mass is 15.1. The lowest BCUT2D eigenvalue weighted by molar-refractivity contribution is 0.873. The van der Waals surface area contributed by atoms with Crippen molar-refractivity contribution in [2.45, 2.75) is 12.8 Å². The third kappa shape index (κ3) is 4.33. The Balaban J connectivity index is 1.29. The molecule has 0 saturated heterocycles. The van der Waals surface area contributed by atoms with Gasteiger partial charge in [0.1, 0.15) is 5.82 Å². The normalized spacial score (nSPS) is 12.9. The fourth-order valence-electron chi connectivity index (χ4n) is 8.60. The summed E-state index contributed by atoms with van der Waals surface area (Å²) in [5.74, 6) is 0.954. The number of hydrogen-bond acceptors (Lipinski definition) is 1. The van der Waals surface area contributed by atoms with Gasteiger partial charge in [0.05, 0.1) is 11.2 Å². The monoisotopic (exact) mass is 648 g/mol. The minimum atomic E-state index is 0.953. The van der Waals surface area contributed by atoms with E-state index < -0.39 is 0 Å². The maximum atomic E-state index is 5.59. The van der Waals surface area contributed by atoms with Crippen LogP contribution in [0.3, 0.4) is 0 Å². The molecule has 0 radical (unpaired) electrons. The van der Waals surface area contributed by atoms with Gasteiger partial charge in [-0.15, -0.1) is 0 Å². The van der Waals surface area contributed by atoms with Crippen LogP contribution in [0.4, 0.5) is 0 Å². The summed E-state index contributed by atoms with van der Waals surface area (Å²) < 4.78 is 2.51. The molecule has 0 spiro atoms. The zero-order valence-corrected chi connectivity index (χ0v) is 28.0. The Morgan fingerprint density at radius 1 is 0.451 bits per heavy atom. The molecule has 0 fully saturated rings. The van der Waals surface area contributed by atoms with Gasteiger partial charge in [0.25, 0.3) is 0 Å². The van der Waals surface area contributed by atoms with Crippen LogP contribution in [0.25, 0.3) is 99.0 Å². The van der Waals surface area contributed by atoms with Crippen LogP contribution in [0.15, 0.2) is 164 Å². The first kappa shape index (κ1) is 28.3. The number of allylic oxidation sites excluding steroid dienone is 1. The second-order valence-corrected chi connectivity index (χ2v) is 13.8. The smallest absolute Gasteiger partial charge is 0.138 e. The van der Waals surface area contributed by atoms with Crippen LogP contribution in [0.1, 0.15) is 17.7 Å². The third-order valence-corrected chi connectivity index (χ3v) is 11.0. The van der Waals surface area contributed by atoms with Gasteiger partial charge in [-0.05, 0) is 91.3 Å². The van der Waals surface area contributed by atoms with Gasteiger partial charge in [0, 0.05) is 33.0 Å². The molecule has 2 nitrogen and oxygen atoms in total. The maximum Gasteiger partial charge on any atom is 0.138 e. The Labute approximate surface area is 295 Å². The molecule has 51 heavy (non-hydrogen) atoms. The molecule has 11 rings (SSSR count). The highest BCUT2D eigenvalue weighted by molar-refractivity contribution is 6.32. The predicted octanol–water partition coefficient (Wildman–Crippen LogP) is 13.1. The van der Waals surface area contributed by atoms with E-state index in [1.54, 1.807) is 0 Å². The number of nitrogens with zero attached hydrogens (tertiary/aromatic N) is 2. The first-order valence-corrected chi connectivity index (χ1v) is 17.9. The van der Waals surface area contributed by atoms with Crippen molar-refractivity contribution in [2.75, 3.05) is 0 Å². The van der Waals surface area contributed by atoms with Crippen LogP contribution in [-0.2, 0) is 6.42 Å². The standard InChI is InChI=1S/C49H32N2/c1-3-14-34-27-36(23-21-31(34)11-1)38-29-44(37-24-22-32-12-2-4-15-35(32)28-37)50-46(30-38)51-45-20-10-9-19-43(45)48-47-39-16-6-5-13-33(39)25-26-41(47)40-17-7-8-18-42(40)49(48)51/h1-9,11-19,21-30H,10,20H2. The Morgan fingerprint density at radius 3 is 1.86 bits per heavy atom. The lowest BCUT2D eigenvalue weighted by Crippen LogP contribution is -2.06. The SMILES string of the molecule is C1=Cc2c(n(-c3cc(-c4ccc5ccccc5c4)cc(-c4ccc5ccccc5c4)n3)c3c4ccccc4c4ccc5ccccc5c4c23)CC1. The summed E-state index contributed by atoms with van der Waals surface area (Å²) >= 11 is 0. The molecule has 10 aromatic rings. The molecule has 238 valence electrons. The van der Waals surface area contributed by atoms with E-state index in [4.69, 9.17) is 4.98 Å². The van der Waals surface area contributed by atoms with E-state index in [9.17, 15) is 0 Å². The van der Waals surface area contributed by atoms with Crippen molar-refractivity contribution >= 4 is 70.8 Å². The van der Waals surface area contributed by atoms with Crippen molar-refractivity contribution in [1.82, 2.24) is 9.55 Å². The third-order valence-electron chi connectivity index (χ3n) is 11.0. The van der Waals surface area contributed by atoms with E-state index in [0.29, 0.717) is 0 Å². The lowest BCUT2D eigenvalue weighted by Gasteiger charge is -2.17. The highest BCUT2D eigenvalue weighted by Crippen LogP contribution is 2.45. The molecule has 0 aliphatic heterocycles. The zero-order valence-electron chi connectivity index (χ0n) is 28.0. The zero-order chi connectivity index (χ0) is 33.5. The maximum absolute atomic E-state index is 5.59. The number of hydrogen-bond donors (Lipinski definition) is 0. The topological polar surface area (TPSA) is 17.8 Å². The van der Waals surface area contributed by atoms with E-state index in [1.165, 1.54) is 81.6 Å². The highest BCUT2D eigenvalue weighted by Gasteiger charge is 2.25. The average Bonchev–Trinajstić information content (AvgIpc) is 3.55. The second kappa shape index (κ2) is 11.0. The Kier molecular flexibility index (Phi) is 6.11. The lowest BCUT2D eigenvalue weighted by atomic mass is 9.91. The molecule has 2 heterocycles. The molecule has 0 amide bonds. The average molecular weight is 649 g/mol. The van der Waals surface area contributed by atoms with E-state index >= 15 is 0 Å². The van der Waals surface area contributed by atoms with Crippen molar-refractivity contribution in [1.29, 1.82) is 0 Å². The first-order valence-electron chi connectivity index (χ1n) is 17.9. The summed E-state index contributed by atoms with van der Waals surface area (Å²) in [7, 11) is 0. The van der Waals surface area contributed by atoms with Gasteiger partial charge >= 0.3 is 0 Å². The second-order valence-electron chi connectivity index (χ2n) is 13.8. The molecule has 8 aromatic carbocycles. The fraction of sp³-hybridized carbons (Fsp3) is 0.0408. The minimum absolute atomic E-state index is 0.953.